The summed E-state index contributed by atoms with van der Waals surface area (Å²) < 4.78 is 43.1. The van der Waals surface area contributed by atoms with E-state index in [0.717, 1.165) is 6.07 Å². The fourth-order valence-corrected chi connectivity index (χ4v) is 1.62. The molecule has 2 rings (SSSR count). The second-order valence-electron chi connectivity index (χ2n) is 3.86. The molecule has 0 aromatic carbocycles. The number of halogens is 4. The molecule has 0 aliphatic heterocycles. The summed E-state index contributed by atoms with van der Waals surface area (Å²) in [6, 6.07) is 2.12. The van der Waals surface area contributed by atoms with E-state index in [4.69, 9.17) is 16.3 Å². The van der Waals surface area contributed by atoms with Crippen LogP contribution in [0.5, 0.6) is 5.88 Å². The lowest BCUT2D eigenvalue weighted by Crippen LogP contribution is -2.16. The summed E-state index contributed by atoms with van der Waals surface area (Å²) in [5.74, 6) is -0.0489. The molecule has 0 amide bonds. The molecule has 21 heavy (non-hydrogen) atoms. The maximum Gasteiger partial charge on any atom is 0.421 e. The summed E-state index contributed by atoms with van der Waals surface area (Å²) in [6.45, 7) is 0.206. The number of hydrogen-bond acceptors (Lipinski definition) is 5. The first-order chi connectivity index (χ1) is 9.97. The van der Waals surface area contributed by atoms with E-state index in [-0.39, 0.29) is 18.3 Å². The van der Waals surface area contributed by atoms with Gasteiger partial charge in [-0.25, -0.2) is 9.97 Å². The maximum absolute atomic E-state index is 12.7. The Morgan fingerprint density at radius 3 is 2.81 bits per heavy atom. The molecule has 0 saturated carbocycles. The van der Waals surface area contributed by atoms with E-state index in [0.29, 0.717) is 5.82 Å². The maximum atomic E-state index is 12.7. The number of hydrogen-bond donors (Lipinski definition) is 1. The Labute approximate surface area is 123 Å². The van der Waals surface area contributed by atoms with Crippen molar-refractivity contribution in [2.45, 2.75) is 6.18 Å². The van der Waals surface area contributed by atoms with E-state index in [1.807, 2.05) is 0 Å². The first-order valence-corrected chi connectivity index (χ1v) is 6.21. The molecule has 5 nitrogen and oxygen atoms in total. The van der Waals surface area contributed by atoms with Gasteiger partial charge in [-0.1, -0.05) is 11.6 Å². The molecular formula is C12H10ClF3N4O. The van der Waals surface area contributed by atoms with Crippen molar-refractivity contribution in [1.29, 1.82) is 0 Å². The number of ether oxygens (including phenoxy) is 1. The molecule has 0 atom stereocenters. The Morgan fingerprint density at radius 1 is 1.29 bits per heavy atom. The van der Waals surface area contributed by atoms with E-state index >= 15 is 0 Å². The molecule has 0 spiro atoms. The second-order valence-corrected chi connectivity index (χ2v) is 4.24. The fraction of sp³-hybridized carbons (Fsp3) is 0.250. The SMILES string of the molecule is FC(F)(F)c1cccnc1OCCNc1cncc(Cl)n1. The van der Waals surface area contributed by atoms with Crippen molar-refractivity contribution in [3.8, 4) is 5.88 Å². The van der Waals surface area contributed by atoms with E-state index < -0.39 is 17.6 Å². The third-order valence-electron chi connectivity index (χ3n) is 2.33. The molecule has 9 heteroatoms. The van der Waals surface area contributed by atoms with Crippen LogP contribution in [0.2, 0.25) is 5.15 Å². The summed E-state index contributed by atoms with van der Waals surface area (Å²) in [5, 5.41) is 3.03. The average molecular weight is 319 g/mol. The first kappa shape index (κ1) is 15.3. The number of aromatic nitrogens is 3. The van der Waals surface area contributed by atoms with Crippen LogP contribution in [0.1, 0.15) is 5.56 Å². The first-order valence-electron chi connectivity index (χ1n) is 5.83. The highest BCUT2D eigenvalue weighted by Crippen LogP contribution is 2.34. The van der Waals surface area contributed by atoms with Gasteiger partial charge in [0.05, 0.1) is 18.9 Å². The molecule has 0 unspecified atom stereocenters. The van der Waals surface area contributed by atoms with Gasteiger partial charge in [0.1, 0.15) is 23.1 Å². The lowest BCUT2D eigenvalue weighted by molar-refractivity contribution is -0.139. The fourth-order valence-electron chi connectivity index (χ4n) is 1.48. The predicted molar refractivity (Wildman–Crippen MR) is 70.3 cm³/mol. The normalized spacial score (nSPS) is 11.2. The lowest BCUT2D eigenvalue weighted by atomic mass is 10.2. The molecule has 1 N–H and O–H groups in total. The molecule has 2 aromatic heterocycles. The number of nitrogens with zero attached hydrogens (tertiary/aromatic N) is 3. The van der Waals surface area contributed by atoms with Crippen LogP contribution in [0.4, 0.5) is 19.0 Å². The molecule has 0 bridgehead atoms. The molecule has 112 valence electrons. The van der Waals surface area contributed by atoms with Gasteiger partial charge >= 0.3 is 6.18 Å². The van der Waals surface area contributed by atoms with Gasteiger partial charge < -0.3 is 10.1 Å². The average Bonchev–Trinajstić information content (AvgIpc) is 2.43. The van der Waals surface area contributed by atoms with Crippen LogP contribution in [-0.2, 0) is 6.18 Å². The number of pyridine rings is 1. The van der Waals surface area contributed by atoms with Gasteiger partial charge in [-0.3, -0.25) is 4.98 Å². The van der Waals surface area contributed by atoms with Crippen LogP contribution in [0, 0.1) is 0 Å². The van der Waals surface area contributed by atoms with Gasteiger partial charge in [-0.2, -0.15) is 13.2 Å². The van der Waals surface area contributed by atoms with Gasteiger partial charge in [0.2, 0.25) is 5.88 Å². The van der Waals surface area contributed by atoms with Crippen LogP contribution in [0.15, 0.2) is 30.7 Å². The van der Waals surface area contributed by atoms with Crippen molar-refractivity contribution in [3.63, 3.8) is 0 Å². The quantitative estimate of drug-likeness (QED) is 0.859. The molecular weight excluding hydrogens is 309 g/mol. The largest absolute Gasteiger partial charge is 0.475 e. The van der Waals surface area contributed by atoms with Crippen LogP contribution in [0.3, 0.4) is 0 Å². The van der Waals surface area contributed by atoms with Gasteiger partial charge in [0.25, 0.3) is 0 Å². The molecule has 2 aromatic rings. The Bertz CT molecular complexity index is 609. The summed E-state index contributed by atoms with van der Waals surface area (Å²) in [7, 11) is 0. The summed E-state index contributed by atoms with van der Waals surface area (Å²) in [4.78, 5) is 11.3. The highest BCUT2D eigenvalue weighted by Gasteiger charge is 2.34. The van der Waals surface area contributed by atoms with Crippen molar-refractivity contribution in [2.75, 3.05) is 18.5 Å². The topological polar surface area (TPSA) is 59.9 Å². The van der Waals surface area contributed by atoms with Crippen molar-refractivity contribution >= 4 is 17.4 Å². The molecule has 0 saturated heterocycles. The van der Waals surface area contributed by atoms with Crippen molar-refractivity contribution in [3.05, 3.63) is 41.4 Å². The summed E-state index contributed by atoms with van der Waals surface area (Å²) in [5.41, 5.74) is -0.910. The second kappa shape index (κ2) is 6.57. The van der Waals surface area contributed by atoms with Crippen LogP contribution >= 0.6 is 11.6 Å². The Balaban J connectivity index is 1.90. The summed E-state index contributed by atoms with van der Waals surface area (Å²) in [6.07, 6.45) is -0.462. The molecule has 0 aliphatic rings. The van der Waals surface area contributed by atoms with E-state index in [2.05, 4.69) is 20.3 Å². The zero-order chi connectivity index (χ0) is 15.3. The third-order valence-corrected chi connectivity index (χ3v) is 2.51. The standard InChI is InChI=1S/C12H10ClF3N4O/c13-9-6-17-7-10(20-9)18-4-5-21-11-8(12(14,15)16)2-1-3-19-11/h1-3,6-7H,4-5H2,(H,18,20). The monoisotopic (exact) mass is 318 g/mol. The highest BCUT2D eigenvalue weighted by atomic mass is 35.5. The minimum atomic E-state index is -4.50. The molecule has 0 radical (unpaired) electrons. The smallest absolute Gasteiger partial charge is 0.421 e. The van der Waals surface area contributed by atoms with E-state index in [9.17, 15) is 13.2 Å². The van der Waals surface area contributed by atoms with Gasteiger partial charge in [0, 0.05) is 6.20 Å². The Kier molecular flexibility index (Phi) is 4.79. The van der Waals surface area contributed by atoms with E-state index in [1.165, 1.54) is 24.7 Å². The Morgan fingerprint density at radius 2 is 2.10 bits per heavy atom. The molecule has 0 fully saturated rings. The van der Waals surface area contributed by atoms with Crippen LogP contribution in [0.25, 0.3) is 0 Å². The number of alkyl halides is 3. The molecule has 2 heterocycles. The van der Waals surface area contributed by atoms with Gasteiger partial charge in [-0.05, 0) is 12.1 Å². The van der Waals surface area contributed by atoms with Crippen molar-refractivity contribution < 1.29 is 17.9 Å². The number of rotatable bonds is 5. The third kappa shape index (κ3) is 4.45. The van der Waals surface area contributed by atoms with Crippen LogP contribution in [-0.4, -0.2) is 28.1 Å². The van der Waals surface area contributed by atoms with E-state index in [1.54, 1.807) is 0 Å². The van der Waals surface area contributed by atoms with Crippen molar-refractivity contribution in [1.82, 2.24) is 15.0 Å². The molecule has 0 aliphatic carbocycles. The summed E-state index contributed by atoms with van der Waals surface area (Å²) >= 11 is 5.64. The number of anilines is 1. The number of nitrogens with one attached hydrogen (secondary N) is 1. The minimum absolute atomic E-state index is 0.0196. The lowest BCUT2D eigenvalue weighted by Gasteiger charge is -2.12. The zero-order valence-electron chi connectivity index (χ0n) is 10.6. The van der Waals surface area contributed by atoms with Crippen molar-refractivity contribution in [2.24, 2.45) is 0 Å². The Hall–Kier alpha value is -2.09. The van der Waals surface area contributed by atoms with Crippen LogP contribution < -0.4 is 10.1 Å². The van der Waals surface area contributed by atoms with Gasteiger partial charge in [0.15, 0.2) is 0 Å². The van der Waals surface area contributed by atoms with Gasteiger partial charge in [-0.15, -0.1) is 0 Å². The predicted octanol–water partition coefficient (Wildman–Crippen LogP) is 3.03. The minimum Gasteiger partial charge on any atom is -0.475 e. The highest BCUT2D eigenvalue weighted by molar-refractivity contribution is 6.29. The zero-order valence-corrected chi connectivity index (χ0v) is 11.3.